The third-order valence-corrected chi connectivity index (χ3v) is 3.89. The summed E-state index contributed by atoms with van der Waals surface area (Å²) in [5, 5.41) is 3.28. The van der Waals surface area contributed by atoms with Crippen LogP contribution in [0.15, 0.2) is 48.5 Å². The number of hydrogen-bond donors (Lipinski definition) is 1. The zero-order chi connectivity index (χ0) is 15.6. The minimum absolute atomic E-state index is 0.224. The molecule has 1 N–H and O–H groups in total. The molecule has 5 heteroatoms. The molecule has 1 fully saturated rings. The molecule has 2 nitrogen and oxygen atoms in total. The molecule has 0 atom stereocenters. The summed E-state index contributed by atoms with van der Waals surface area (Å²) in [6, 6.07) is 13.0. The molecule has 2 aromatic carbocycles. The minimum Gasteiger partial charge on any atom is -0.369 e. The molecule has 3 rings (SSSR count). The van der Waals surface area contributed by atoms with Crippen LogP contribution in [0.3, 0.4) is 0 Å². The van der Waals surface area contributed by atoms with Crippen molar-refractivity contribution in [1.29, 1.82) is 0 Å². The fourth-order valence-corrected chi connectivity index (χ4v) is 2.76. The molecule has 0 aliphatic carbocycles. The quantitative estimate of drug-likeness (QED) is 0.908. The van der Waals surface area contributed by atoms with Crippen LogP contribution in [-0.4, -0.2) is 26.2 Å². The first-order valence-electron chi connectivity index (χ1n) is 7.28. The van der Waals surface area contributed by atoms with E-state index in [9.17, 15) is 13.2 Å². The highest BCUT2D eigenvalue weighted by Crippen LogP contribution is 2.37. The summed E-state index contributed by atoms with van der Waals surface area (Å²) in [7, 11) is 0. The van der Waals surface area contributed by atoms with Gasteiger partial charge < -0.3 is 10.2 Å². The molecule has 0 amide bonds. The summed E-state index contributed by atoms with van der Waals surface area (Å²) in [5.41, 5.74) is 1.27. The molecule has 1 heterocycles. The average molecular weight is 306 g/mol. The van der Waals surface area contributed by atoms with E-state index in [2.05, 4.69) is 10.2 Å². The van der Waals surface area contributed by atoms with Gasteiger partial charge in [0.2, 0.25) is 0 Å². The molecule has 0 saturated carbocycles. The number of halogens is 3. The van der Waals surface area contributed by atoms with Crippen LogP contribution in [0.4, 0.5) is 18.9 Å². The van der Waals surface area contributed by atoms with Gasteiger partial charge in [0.05, 0.1) is 5.56 Å². The predicted octanol–water partition coefficient (Wildman–Crippen LogP) is 3.78. The smallest absolute Gasteiger partial charge is 0.369 e. The van der Waals surface area contributed by atoms with Crippen molar-refractivity contribution < 1.29 is 13.2 Å². The SMILES string of the molecule is FC(F)(F)c1ccccc1-c1ccc(N2CCNCC2)cc1. The van der Waals surface area contributed by atoms with E-state index in [1.807, 2.05) is 12.1 Å². The van der Waals surface area contributed by atoms with Gasteiger partial charge in [-0.1, -0.05) is 30.3 Å². The summed E-state index contributed by atoms with van der Waals surface area (Å²) < 4.78 is 39.3. The molecular formula is C17H17F3N2. The van der Waals surface area contributed by atoms with Crippen molar-refractivity contribution in [3.8, 4) is 11.1 Å². The number of hydrogen-bond acceptors (Lipinski definition) is 2. The Labute approximate surface area is 127 Å². The van der Waals surface area contributed by atoms with Crippen LogP contribution in [0.1, 0.15) is 5.56 Å². The van der Waals surface area contributed by atoms with E-state index in [1.165, 1.54) is 12.1 Å². The lowest BCUT2D eigenvalue weighted by Gasteiger charge is -2.29. The molecule has 116 valence electrons. The fourth-order valence-electron chi connectivity index (χ4n) is 2.76. The highest BCUT2D eigenvalue weighted by atomic mass is 19.4. The van der Waals surface area contributed by atoms with Gasteiger partial charge in [-0.15, -0.1) is 0 Å². The number of nitrogens with one attached hydrogen (secondary N) is 1. The van der Waals surface area contributed by atoms with Crippen molar-refractivity contribution >= 4 is 5.69 Å². The lowest BCUT2D eigenvalue weighted by Crippen LogP contribution is -2.43. The molecule has 2 aromatic rings. The highest BCUT2D eigenvalue weighted by molar-refractivity contribution is 5.70. The molecule has 0 radical (unpaired) electrons. The summed E-state index contributed by atoms with van der Waals surface area (Å²) in [6.07, 6.45) is -4.34. The monoisotopic (exact) mass is 306 g/mol. The molecule has 0 spiro atoms. The molecule has 1 aliphatic rings. The van der Waals surface area contributed by atoms with Crippen molar-refractivity contribution in [2.24, 2.45) is 0 Å². The van der Waals surface area contributed by atoms with Gasteiger partial charge in [0.1, 0.15) is 0 Å². The van der Waals surface area contributed by atoms with E-state index in [1.54, 1.807) is 18.2 Å². The van der Waals surface area contributed by atoms with Gasteiger partial charge in [-0.25, -0.2) is 0 Å². The lowest BCUT2D eigenvalue weighted by atomic mass is 9.99. The van der Waals surface area contributed by atoms with Gasteiger partial charge in [0.15, 0.2) is 0 Å². The van der Waals surface area contributed by atoms with E-state index in [0.717, 1.165) is 37.9 Å². The second-order valence-electron chi connectivity index (χ2n) is 5.33. The number of nitrogens with zero attached hydrogens (tertiary/aromatic N) is 1. The van der Waals surface area contributed by atoms with Gasteiger partial charge in [-0.3, -0.25) is 0 Å². The van der Waals surface area contributed by atoms with E-state index >= 15 is 0 Å². The minimum atomic E-state index is -4.34. The fraction of sp³-hybridized carbons (Fsp3) is 0.294. The van der Waals surface area contributed by atoms with Gasteiger partial charge >= 0.3 is 6.18 Å². The third-order valence-electron chi connectivity index (χ3n) is 3.89. The Bertz CT molecular complexity index is 629. The molecule has 0 aromatic heterocycles. The average Bonchev–Trinajstić information content (AvgIpc) is 2.55. The molecule has 1 saturated heterocycles. The Hall–Kier alpha value is -2.01. The van der Waals surface area contributed by atoms with E-state index in [0.29, 0.717) is 5.56 Å². The van der Waals surface area contributed by atoms with Crippen LogP contribution >= 0.6 is 0 Å². The Balaban J connectivity index is 1.90. The standard InChI is InChI=1S/C17H17F3N2/c18-17(19,20)16-4-2-1-3-15(16)13-5-7-14(8-6-13)22-11-9-21-10-12-22/h1-8,21H,9-12H2. The Kier molecular flexibility index (Phi) is 4.07. The van der Waals surface area contributed by atoms with Crippen molar-refractivity contribution in [3.05, 3.63) is 54.1 Å². The number of alkyl halides is 3. The third kappa shape index (κ3) is 3.09. The largest absolute Gasteiger partial charge is 0.417 e. The first kappa shape index (κ1) is 14.9. The molecule has 0 bridgehead atoms. The Morgan fingerprint density at radius 1 is 0.864 bits per heavy atom. The maximum absolute atomic E-state index is 13.1. The zero-order valence-corrected chi connectivity index (χ0v) is 12.0. The van der Waals surface area contributed by atoms with E-state index in [-0.39, 0.29) is 5.56 Å². The van der Waals surface area contributed by atoms with Crippen LogP contribution < -0.4 is 10.2 Å². The maximum Gasteiger partial charge on any atom is 0.417 e. The number of rotatable bonds is 2. The summed E-state index contributed by atoms with van der Waals surface area (Å²) >= 11 is 0. The molecule has 22 heavy (non-hydrogen) atoms. The second-order valence-corrected chi connectivity index (χ2v) is 5.33. The van der Waals surface area contributed by atoms with Gasteiger partial charge in [-0.2, -0.15) is 13.2 Å². The van der Waals surface area contributed by atoms with E-state index < -0.39 is 11.7 Å². The Morgan fingerprint density at radius 2 is 1.50 bits per heavy atom. The van der Waals surface area contributed by atoms with Crippen molar-refractivity contribution in [1.82, 2.24) is 5.32 Å². The van der Waals surface area contributed by atoms with E-state index in [4.69, 9.17) is 0 Å². The van der Waals surface area contributed by atoms with Gasteiger partial charge in [0.25, 0.3) is 0 Å². The zero-order valence-electron chi connectivity index (χ0n) is 12.0. The predicted molar refractivity (Wildman–Crippen MR) is 82.0 cm³/mol. The summed E-state index contributed by atoms with van der Waals surface area (Å²) in [4.78, 5) is 2.23. The molecule has 0 unspecified atom stereocenters. The number of piperazine rings is 1. The Morgan fingerprint density at radius 3 is 2.14 bits per heavy atom. The van der Waals surface area contributed by atoms with Crippen LogP contribution in [0.5, 0.6) is 0 Å². The van der Waals surface area contributed by atoms with Crippen LogP contribution in [0.25, 0.3) is 11.1 Å². The van der Waals surface area contributed by atoms with Crippen LogP contribution in [0, 0.1) is 0 Å². The highest BCUT2D eigenvalue weighted by Gasteiger charge is 2.33. The number of anilines is 1. The van der Waals surface area contributed by atoms with Crippen molar-refractivity contribution in [2.75, 3.05) is 31.1 Å². The van der Waals surface area contributed by atoms with Crippen LogP contribution in [-0.2, 0) is 6.18 Å². The van der Waals surface area contributed by atoms with Gasteiger partial charge in [0, 0.05) is 31.9 Å². The van der Waals surface area contributed by atoms with Crippen LogP contribution in [0.2, 0.25) is 0 Å². The summed E-state index contributed by atoms with van der Waals surface area (Å²) in [5.74, 6) is 0. The number of benzene rings is 2. The van der Waals surface area contributed by atoms with Gasteiger partial charge in [-0.05, 0) is 29.3 Å². The van der Waals surface area contributed by atoms with Crippen molar-refractivity contribution in [2.45, 2.75) is 6.18 Å². The topological polar surface area (TPSA) is 15.3 Å². The van der Waals surface area contributed by atoms with Crippen molar-refractivity contribution in [3.63, 3.8) is 0 Å². The second kappa shape index (κ2) is 6.01. The first-order chi connectivity index (χ1) is 10.6. The normalized spacial score (nSPS) is 15.9. The summed E-state index contributed by atoms with van der Waals surface area (Å²) in [6.45, 7) is 3.69. The first-order valence-corrected chi connectivity index (χ1v) is 7.28. The maximum atomic E-state index is 13.1. The molecular weight excluding hydrogens is 289 g/mol. The lowest BCUT2D eigenvalue weighted by molar-refractivity contribution is -0.137. The molecule has 1 aliphatic heterocycles.